The summed E-state index contributed by atoms with van der Waals surface area (Å²) in [5.41, 5.74) is 3.64. The van der Waals surface area contributed by atoms with Crippen LogP contribution in [0.4, 0.5) is 5.69 Å². The van der Waals surface area contributed by atoms with Gasteiger partial charge in [0.15, 0.2) is 11.5 Å². The van der Waals surface area contributed by atoms with Gasteiger partial charge in [0, 0.05) is 28.8 Å². The third-order valence-corrected chi connectivity index (χ3v) is 5.39. The molecule has 1 aromatic heterocycles. The highest BCUT2D eigenvalue weighted by Gasteiger charge is 2.15. The number of rotatable bonds is 8. The first-order valence-electron chi connectivity index (χ1n) is 9.21. The molecule has 0 spiro atoms. The number of nitrogens with zero attached hydrogens (tertiary/aromatic N) is 1. The van der Waals surface area contributed by atoms with E-state index in [0.717, 1.165) is 22.7 Å². The van der Waals surface area contributed by atoms with Crippen molar-refractivity contribution in [2.45, 2.75) is 19.8 Å². The summed E-state index contributed by atoms with van der Waals surface area (Å²) in [6.07, 6.45) is 1.19. The molecule has 1 amide bonds. The average molecular weight is 413 g/mol. The highest BCUT2D eigenvalue weighted by molar-refractivity contribution is 7.13. The normalized spacial score (nSPS) is 10.5. The van der Waals surface area contributed by atoms with E-state index >= 15 is 0 Å². The van der Waals surface area contributed by atoms with Crippen molar-refractivity contribution >= 4 is 22.9 Å². The highest BCUT2D eigenvalue weighted by Crippen LogP contribution is 2.40. The van der Waals surface area contributed by atoms with Gasteiger partial charge in [0.2, 0.25) is 11.7 Å². The van der Waals surface area contributed by atoms with Crippen LogP contribution in [-0.2, 0) is 17.6 Å². The monoisotopic (exact) mass is 412 g/mol. The molecule has 0 saturated heterocycles. The maximum absolute atomic E-state index is 12.5. The number of methoxy groups -OCH3 is 3. The maximum Gasteiger partial charge on any atom is 0.230 e. The van der Waals surface area contributed by atoms with Crippen LogP contribution in [0, 0.1) is 0 Å². The van der Waals surface area contributed by atoms with E-state index < -0.39 is 0 Å². The Labute approximate surface area is 174 Å². The van der Waals surface area contributed by atoms with Crippen LogP contribution in [0.5, 0.6) is 17.2 Å². The smallest absolute Gasteiger partial charge is 0.230 e. The van der Waals surface area contributed by atoms with E-state index in [1.165, 1.54) is 38.2 Å². The lowest BCUT2D eigenvalue weighted by molar-refractivity contribution is -0.115. The van der Waals surface area contributed by atoms with Crippen molar-refractivity contribution in [3.8, 4) is 27.8 Å². The largest absolute Gasteiger partial charge is 0.493 e. The number of hydrogen-bond donors (Lipinski definition) is 1. The SMILES string of the molecule is CCc1ccc(-c2nc(CC(=O)Nc3cc(OC)c(OC)c(OC)c3)cs2)cc1. The molecule has 152 valence electrons. The van der Waals surface area contributed by atoms with Crippen LogP contribution in [0.3, 0.4) is 0 Å². The van der Waals surface area contributed by atoms with Gasteiger partial charge in [0.25, 0.3) is 0 Å². The number of benzene rings is 2. The number of carbonyl (C=O) groups is 1. The van der Waals surface area contributed by atoms with Crippen LogP contribution in [0.25, 0.3) is 10.6 Å². The predicted molar refractivity (Wildman–Crippen MR) is 115 cm³/mol. The van der Waals surface area contributed by atoms with Crippen LogP contribution in [0.2, 0.25) is 0 Å². The van der Waals surface area contributed by atoms with Crippen molar-refractivity contribution in [2.24, 2.45) is 0 Å². The molecule has 0 unspecified atom stereocenters. The Bertz CT molecular complexity index is 958. The second-order valence-corrected chi connectivity index (χ2v) is 7.19. The van der Waals surface area contributed by atoms with E-state index in [-0.39, 0.29) is 12.3 Å². The van der Waals surface area contributed by atoms with Crippen molar-refractivity contribution in [3.05, 3.63) is 53.0 Å². The Hall–Kier alpha value is -3.06. The van der Waals surface area contributed by atoms with Crippen molar-refractivity contribution < 1.29 is 19.0 Å². The average Bonchev–Trinajstić information content (AvgIpc) is 3.21. The molecule has 2 aromatic carbocycles. The fourth-order valence-corrected chi connectivity index (χ4v) is 3.75. The Balaban J connectivity index is 1.70. The summed E-state index contributed by atoms with van der Waals surface area (Å²) >= 11 is 1.53. The maximum atomic E-state index is 12.5. The molecular formula is C22H24N2O4S. The fourth-order valence-electron chi connectivity index (χ4n) is 2.93. The third-order valence-electron chi connectivity index (χ3n) is 4.45. The molecular weight excluding hydrogens is 388 g/mol. The number of aryl methyl sites for hydroxylation is 1. The zero-order chi connectivity index (χ0) is 20.8. The molecule has 0 aliphatic rings. The molecule has 3 rings (SSSR count). The van der Waals surface area contributed by atoms with Gasteiger partial charge in [-0.1, -0.05) is 31.2 Å². The lowest BCUT2D eigenvalue weighted by Crippen LogP contribution is -2.15. The van der Waals surface area contributed by atoms with Gasteiger partial charge in [0.05, 0.1) is 33.4 Å². The van der Waals surface area contributed by atoms with Crippen LogP contribution in [-0.4, -0.2) is 32.2 Å². The first kappa shape index (κ1) is 20.7. The predicted octanol–water partition coefficient (Wildman–Crippen LogP) is 4.58. The van der Waals surface area contributed by atoms with Gasteiger partial charge in [-0.3, -0.25) is 4.79 Å². The first-order valence-corrected chi connectivity index (χ1v) is 10.1. The third kappa shape index (κ3) is 4.86. The van der Waals surface area contributed by atoms with Gasteiger partial charge >= 0.3 is 0 Å². The summed E-state index contributed by atoms with van der Waals surface area (Å²) in [4.78, 5) is 17.1. The number of aromatic nitrogens is 1. The van der Waals surface area contributed by atoms with E-state index in [4.69, 9.17) is 14.2 Å². The van der Waals surface area contributed by atoms with Gasteiger partial charge in [-0.2, -0.15) is 0 Å². The second kappa shape index (κ2) is 9.43. The van der Waals surface area contributed by atoms with Crippen LogP contribution >= 0.6 is 11.3 Å². The van der Waals surface area contributed by atoms with Crippen molar-refractivity contribution in [2.75, 3.05) is 26.6 Å². The molecule has 0 radical (unpaired) electrons. The molecule has 1 N–H and O–H groups in total. The number of hydrogen-bond acceptors (Lipinski definition) is 6. The summed E-state index contributed by atoms with van der Waals surface area (Å²) < 4.78 is 15.9. The van der Waals surface area contributed by atoms with E-state index in [1.807, 2.05) is 5.38 Å². The molecule has 3 aromatic rings. The summed E-state index contributed by atoms with van der Waals surface area (Å²) in [5, 5.41) is 5.69. The lowest BCUT2D eigenvalue weighted by atomic mass is 10.1. The number of carbonyl (C=O) groups excluding carboxylic acids is 1. The molecule has 0 fully saturated rings. The quantitative estimate of drug-likeness (QED) is 0.586. The van der Waals surface area contributed by atoms with Gasteiger partial charge in [-0.25, -0.2) is 4.98 Å². The number of ether oxygens (including phenoxy) is 3. The van der Waals surface area contributed by atoms with Crippen LogP contribution in [0.15, 0.2) is 41.8 Å². The van der Waals surface area contributed by atoms with Crippen LogP contribution < -0.4 is 19.5 Å². The molecule has 0 bridgehead atoms. The Kier molecular flexibility index (Phi) is 6.72. The molecule has 0 aliphatic heterocycles. The molecule has 7 heteroatoms. The van der Waals surface area contributed by atoms with Gasteiger partial charge in [-0.05, 0) is 12.0 Å². The number of amides is 1. The summed E-state index contributed by atoms with van der Waals surface area (Å²) in [5.74, 6) is 1.27. The number of nitrogens with one attached hydrogen (secondary N) is 1. The van der Waals surface area contributed by atoms with E-state index in [0.29, 0.717) is 22.9 Å². The van der Waals surface area contributed by atoms with Gasteiger partial charge in [-0.15, -0.1) is 11.3 Å². The van der Waals surface area contributed by atoms with Crippen molar-refractivity contribution in [3.63, 3.8) is 0 Å². The standard InChI is InChI=1S/C22H24N2O4S/c1-5-14-6-8-15(9-7-14)22-24-17(13-29-22)12-20(25)23-16-10-18(26-2)21(28-4)19(11-16)27-3/h6-11,13H,5,12H2,1-4H3,(H,23,25). The van der Waals surface area contributed by atoms with E-state index in [9.17, 15) is 4.79 Å². The molecule has 0 aliphatic carbocycles. The summed E-state index contributed by atoms with van der Waals surface area (Å²) in [6, 6.07) is 11.7. The molecule has 6 nitrogen and oxygen atoms in total. The summed E-state index contributed by atoms with van der Waals surface area (Å²) in [7, 11) is 4.60. The second-order valence-electron chi connectivity index (χ2n) is 6.33. The minimum Gasteiger partial charge on any atom is -0.493 e. The van der Waals surface area contributed by atoms with Gasteiger partial charge < -0.3 is 19.5 Å². The Morgan fingerprint density at radius 1 is 1.03 bits per heavy atom. The molecule has 0 atom stereocenters. The molecule has 29 heavy (non-hydrogen) atoms. The fraction of sp³-hybridized carbons (Fsp3) is 0.273. The number of anilines is 1. The topological polar surface area (TPSA) is 69.7 Å². The number of thiazole rings is 1. The Morgan fingerprint density at radius 2 is 1.69 bits per heavy atom. The minimum atomic E-state index is -0.169. The van der Waals surface area contributed by atoms with Crippen LogP contribution in [0.1, 0.15) is 18.2 Å². The lowest BCUT2D eigenvalue weighted by Gasteiger charge is -2.14. The highest BCUT2D eigenvalue weighted by atomic mass is 32.1. The van der Waals surface area contributed by atoms with Gasteiger partial charge in [0.1, 0.15) is 5.01 Å². The summed E-state index contributed by atoms with van der Waals surface area (Å²) in [6.45, 7) is 2.13. The zero-order valence-corrected chi connectivity index (χ0v) is 17.8. The first-order chi connectivity index (χ1) is 14.1. The molecule has 1 heterocycles. The zero-order valence-electron chi connectivity index (χ0n) is 16.9. The minimum absolute atomic E-state index is 0.169. The Morgan fingerprint density at radius 3 is 2.24 bits per heavy atom. The van der Waals surface area contributed by atoms with Crippen molar-refractivity contribution in [1.29, 1.82) is 0 Å². The van der Waals surface area contributed by atoms with E-state index in [1.54, 1.807) is 12.1 Å². The van der Waals surface area contributed by atoms with E-state index in [2.05, 4.69) is 41.5 Å². The molecule has 0 saturated carbocycles. The van der Waals surface area contributed by atoms with Crippen molar-refractivity contribution in [1.82, 2.24) is 4.98 Å².